The zero-order valence-electron chi connectivity index (χ0n) is 13.9. The van der Waals surface area contributed by atoms with Crippen molar-refractivity contribution in [1.82, 2.24) is 0 Å². The van der Waals surface area contributed by atoms with Crippen molar-refractivity contribution >= 4 is 0 Å². The van der Waals surface area contributed by atoms with Gasteiger partial charge in [0.15, 0.2) is 0 Å². The first-order valence-corrected chi connectivity index (χ1v) is 7.57. The second-order valence-corrected chi connectivity index (χ2v) is 5.94. The largest absolute Gasteiger partial charge is 0.433 e. The van der Waals surface area contributed by atoms with Crippen molar-refractivity contribution < 1.29 is 36.6 Å². The number of hydrogen-bond donors (Lipinski definition) is 2. The summed E-state index contributed by atoms with van der Waals surface area (Å²) in [7, 11) is 0. The third-order valence-electron chi connectivity index (χ3n) is 3.85. The second kappa shape index (κ2) is 6.91. The first-order valence-electron chi connectivity index (χ1n) is 7.57. The summed E-state index contributed by atoms with van der Waals surface area (Å²) in [5.41, 5.74) is -8.84. The Kier molecular flexibility index (Phi) is 5.32. The van der Waals surface area contributed by atoms with E-state index in [9.17, 15) is 36.6 Å². The van der Waals surface area contributed by atoms with Gasteiger partial charge in [-0.05, 0) is 13.0 Å². The summed E-state index contributed by atoms with van der Waals surface area (Å²) in [6.45, 7) is 0.826. The van der Waals surface area contributed by atoms with Crippen molar-refractivity contribution in [2.45, 2.75) is 30.5 Å². The van der Waals surface area contributed by atoms with E-state index >= 15 is 0 Å². The molecule has 0 heterocycles. The molecule has 0 unspecified atom stereocenters. The first-order chi connectivity index (χ1) is 12.3. The molecule has 2 nitrogen and oxygen atoms in total. The summed E-state index contributed by atoms with van der Waals surface area (Å²) in [6, 6.07) is 9.70. The summed E-state index contributed by atoms with van der Waals surface area (Å²) in [6.07, 6.45) is -10.1. The van der Waals surface area contributed by atoms with Crippen molar-refractivity contribution in [1.29, 1.82) is 0 Å². The van der Waals surface area contributed by atoms with Crippen LogP contribution in [0, 0.1) is 11.8 Å². The molecule has 0 aliphatic carbocycles. The lowest BCUT2D eigenvalue weighted by Crippen LogP contribution is -2.41. The highest BCUT2D eigenvalue weighted by molar-refractivity contribution is 5.42. The molecule has 0 saturated heterocycles. The summed E-state index contributed by atoms with van der Waals surface area (Å²) in [4.78, 5) is 0. The normalized spacial score (nSPS) is 16.6. The summed E-state index contributed by atoms with van der Waals surface area (Å²) < 4.78 is 79.6. The Morgan fingerprint density at radius 1 is 0.704 bits per heavy atom. The van der Waals surface area contributed by atoms with Crippen molar-refractivity contribution in [3.8, 4) is 11.8 Å². The van der Waals surface area contributed by atoms with E-state index in [2.05, 4.69) is 0 Å². The predicted molar refractivity (Wildman–Crippen MR) is 85.2 cm³/mol. The Labute approximate surface area is 151 Å². The number of benzene rings is 2. The molecule has 0 aromatic heterocycles. The molecule has 27 heavy (non-hydrogen) atoms. The van der Waals surface area contributed by atoms with Crippen LogP contribution in [-0.4, -0.2) is 16.4 Å². The van der Waals surface area contributed by atoms with E-state index in [0.29, 0.717) is 6.07 Å². The van der Waals surface area contributed by atoms with Gasteiger partial charge in [0.2, 0.25) is 5.60 Å². The fourth-order valence-corrected chi connectivity index (χ4v) is 2.42. The van der Waals surface area contributed by atoms with Crippen LogP contribution in [0.25, 0.3) is 0 Å². The van der Waals surface area contributed by atoms with Crippen LogP contribution in [0.3, 0.4) is 0 Å². The van der Waals surface area contributed by atoms with Gasteiger partial charge in [0.05, 0.1) is 5.56 Å². The molecule has 2 N–H and O–H groups in total. The lowest BCUT2D eigenvalue weighted by Gasteiger charge is -2.27. The standard InChI is InChI=1S/C19H14F6O2/c1-16(26,14-9-5-6-10-15(14)18(20,21)22)11-12-17(27,19(23,24)25)13-7-3-2-4-8-13/h2-10,26-27H,1H3/t16-,17+/m1/s1. The SMILES string of the molecule is C[C@@](O)(C#C[C@](O)(c1ccccc1)C(F)(F)F)c1ccccc1C(F)(F)F. The van der Waals surface area contributed by atoms with E-state index in [0.717, 1.165) is 31.2 Å². The minimum absolute atomic E-state index is 0.620. The van der Waals surface area contributed by atoms with Gasteiger partial charge < -0.3 is 10.2 Å². The molecule has 0 amide bonds. The van der Waals surface area contributed by atoms with Gasteiger partial charge in [0, 0.05) is 11.1 Å². The Morgan fingerprint density at radius 2 is 1.19 bits per heavy atom. The number of hydrogen-bond acceptors (Lipinski definition) is 2. The molecule has 2 atom stereocenters. The lowest BCUT2D eigenvalue weighted by atomic mass is 9.88. The van der Waals surface area contributed by atoms with Crippen LogP contribution in [0.5, 0.6) is 0 Å². The van der Waals surface area contributed by atoms with Gasteiger partial charge in [0.1, 0.15) is 5.60 Å². The van der Waals surface area contributed by atoms with Gasteiger partial charge in [-0.3, -0.25) is 0 Å². The van der Waals surface area contributed by atoms with Crippen molar-refractivity contribution in [3.05, 3.63) is 71.3 Å². The second-order valence-electron chi connectivity index (χ2n) is 5.94. The van der Waals surface area contributed by atoms with E-state index in [1.165, 1.54) is 30.2 Å². The number of aliphatic hydroxyl groups is 2. The zero-order chi connectivity index (χ0) is 20.5. The molecular formula is C19H14F6O2. The molecule has 0 aliphatic heterocycles. The molecule has 0 aliphatic rings. The van der Waals surface area contributed by atoms with E-state index in [-0.39, 0.29) is 0 Å². The minimum atomic E-state index is -5.25. The van der Waals surface area contributed by atoms with Crippen LogP contribution in [0.1, 0.15) is 23.6 Å². The van der Waals surface area contributed by atoms with Crippen LogP contribution in [0.15, 0.2) is 54.6 Å². The minimum Gasteiger partial charge on any atom is -0.374 e. The van der Waals surface area contributed by atoms with E-state index in [1.54, 1.807) is 5.92 Å². The molecule has 2 aromatic rings. The first kappa shape index (κ1) is 20.8. The average molecular weight is 388 g/mol. The van der Waals surface area contributed by atoms with Crippen LogP contribution in [0.4, 0.5) is 26.3 Å². The number of rotatable bonds is 2. The van der Waals surface area contributed by atoms with Gasteiger partial charge in [-0.25, -0.2) is 0 Å². The van der Waals surface area contributed by atoms with Gasteiger partial charge in [0.25, 0.3) is 0 Å². The monoisotopic (exact) mass is 388 g/mol. The maximum atomic E-state index is 13.4. The van der Waals surface area contributed by atoms with Crippen molar-refractivity contribution in [2.75, 3.05) is 0 Å². The smallest absolute Gasteiger partial charge is 0.374 e. The maximum Gasteiger partial charge on any atom is 0.433 e. The molecule has 0 saturated carbocycles. The molecule has 2 aromatic carbocycles. The van der Waals surface area contributed by atoms with Gasteiger partial charge in [-0.15, -0.1) is 0 Å². The number of halogens is 6. The summed E-state index contributed by atoms with van der Waals surface area (Å²) >= 11 is 0. The van der Waals surface area contributed by atoms with Crippen LogP contribution >= 0.6 is 0 Å². The Morgan fingerprint density at radius 3 is 1.67 bits per heavy atom. The van der Waals surface area contributed by atoms with E-state index in [4.69, 9.17) is 0 Å². The lowest BCUT2D eigenvalue weighted by molar-refractivity contribution is -0.240. The van der Waals surface area contributed by atoms with Crippen molar-refractivity contribution in [3.63, 3.8) is 0 Å². The molecule has 0 fully saturated rings. The molecule has 0 spiro atoms. The van der Waals surface area contributed by atoms with E-state index < -0.39 is 40.2 Å². The summed E-state index contributed by atoms with van der Waals surface area (Å²) in [5.74, 6) is 3.30. The molecule has 144 valence electrons. The Bertz CT molecular complexity index is 859. The van der Waals surface area contributed by atoms with Crippen molar-refractivity contribution in [2.24, 2.45) is 0 Å². The molecule has 0 radical (unpaired) electrons. The topological polar surface area (TPSA) is 40.5 Å². The third-order valence-corrected chi connectivity index (χ3v) is 3.85. The highest BCUT2D eigenvalue weighted by atomic mass is 19.4. The van der Waals surface area contributed by atoms with E-state index in [1.807, 2.05) is 0 Å². The highest BCUT2D eigenvalue weighted by Crippen LogP contribution is 2.40. The molecule has 2 rings (SSSR count). The fraction of sp³-hybridized carbons (Fsp3) is 0.263. The van der Waals surface area contributed by atoms with Crippen LogP contribution in [0.2, 0.25) is 0 Å². The average Bonchev–Trinajstić information content (AvgIpc) is 2.59. The van der Waals surface area contributed by atoms with Crippen LogP contribution < -0.4 is 0 Å². The van der Waals surface area contributed by atoms with Gasteiger partial charge in [-0.1, -0.05) is 60.4 Å². The molecular weight excluding hydrogens is 374 g/mol. The van der Waals surface area contributed by atoms with Gasteiger partial charge >= 0.3 is 12.4 Å². The highest BCUT2D eigenvalue weighted by Gasteiger charge is 2.54. The van der Waals surface area contributed by atoms with Crippen LogP contribution in [-0.2, 0) is 17.4 Å². The third kappa shape index (κ3) is 4.26. The quantitative estimate of drug-likeness (QED) is 0.593. The Hall–Kier alpha value is -2.50. The zero-order valence-corrected chi connectivity index (χ0v) is 13.9. The number of alkyl halides is 6. The molecule has 8 heteroatoms. The fourth-order valence-electron chi connectivity index (χ4n) is 2.42. The Balaban J connectivity index is 2.60. The summed E-state index contributed by atoms with van der Waals surface area (Å²) in [5, 5.41) is 20.5. The maximum absolute atomic E-state index is 13.4. The molecule has 0 bridgehead atoms. The predicted octanol–water partition coefficient (Wildman–Crippen LogP) is 4.37. The van der Waals surface area contributed by atoms with Gasteiger partial charge in [-0.2, -0.15) is 26.3 Å².